The maximum absolute atomic E-state index is 12.2. The molecule has 1 atom stereocenters. The highest BCUT2D eigenvalue weighted by molar-refractivity contribution is 8.01. The highest BCUT2D eigenvalue weighted by Gasteiger charge is 2.24. The zero-order chi connectivity index (χ0) is 18.1. The van der Waals surface area contributed by atoms with Gasteiger partial charge in [-0.2, -0.15) is 0 Å². The Kier molecular flexibility index (Phi) is 4.69. The van der Waals surface area contributed by atoms with Gasteiger partial charge in [-0.15, -0.1) is 11.3 Å². The number of hydrogen-bond donors (Lipinski definition) is 1. The van der Waals surface area contributed by atoms with E-state index < -0.39 is 0 Å². The number of nitrogens with zero attached hydrogens (tertiary/aromatic N) is 3. The summed E-state index contributed by atoms with van der Waals surface area (Å²) in [6, 6.07) is 7.89. The number of fused-ring (bicyclic) bond motifs is 2. The topological polar surface area (TPSA) is 84.8 Å². The van der Waals surface area contributed by atoms with Crippen LogP contribution in [0.25, 0.3) is 10.2 Å². The van der Waals surface area contributed by atoms with Gasteiger partial charge in [-0.3, -0.25) is 14.9 Å². The van der Waals surface area contributed by atoms with Crippen LogP contribution < -0.4 is 5.32 Å². The average Bonchev–Trinajstić information content (AvgIpc) is 3.02. The molecule has 0 radical (unpaired) electrons. The quantitative estimate of drug-likeness (QED) is 0.692. The Hall–Kier alpha value is -2.32. The van der Waals surface area contributed by atoms with Gasteiger partial charge in [0, 0.05) is 12.6 Å². The predicted molar refractivity (Wildman–Crippen MR) is 103 cm³/mol. The van der Waals surface area contributed by atoms with Crippen LogP contribution in [0.2, 0.25) is 0 Å². The maximum atomic E-state index is 12.2. The van der Waals surface area contributed by atoms with Gasteiger partial charge >= 0.3 is 0 Å². The van der Waals surface area contributed by atoms with E-state index in [0.29, 0.717) is 12.0 Å². The maximum Gasteiger partial charge on any atom is 0.237 e. The lowest BCUT2D eigenvalue weighted by Crippen LogP contribution is -2.22. The molecule has 0 saturated heterocycles. The molecule has 4 rings (SSSR count). The van der Waals surface area contributed by atoms with Crippen LogP contribution in [0.1, 0.15) is 29.4 Å². The minimum Gasteiger partial charge on any atom is -0.294 e. The number of nitrogens with one attached hydrogen (secondary N) is 1. The lowest BCUT2D eigenvalue weighted by molar-refractivity contribution is -0.113. The van der Waals surface area contributed by atoms with Crippen LogP contribution in [0, 0.1) is 5.92 Å². The van der Waals surface area contributed by atoms with E-state index in [4.69, 9.17) is 0 Å². The lowest BCUT2D eigenvalue weighted by atomic mass is 9.88. The third-order valence-electron chi connectivity index (χ3n) is 4.10. The Bertz CT molecular complexity index is 969. The van der Waals surface area contributed by atoms with E-state index in [-0.39, 0.29) is 29.3 Å². The van der Waals surface area contributed by atoms with Gasteiger partial charge < -0.3 is 0 Å². The van der Waals surface area contributed by atoms with Gasteiger partial charge in [0.1, 0.15) is 0 Å². The van der Waals surface area contributed by atoms with Crippen LogP contribution in [0.4, 0.5) is 5.95 Å². The van der Waals surface area contributed by atoms with Crippen molar-refractivity contribution in [1.29, 1.82) is 0 Å². The number of para-hydroxylation sites is 1. The lowest BCUT2D eigenvalue weighted by Gasteiger charge is -2.19. The molecule has 1 aromatic carbocycles. The number of hydrogen-bond acceptors (Lipinski definition) is 7. The van der Waals surface area contributed by atoms with Crippen molar-refractivity contribution in [3.8, 4) is 0 Å². The molecular formula is C18H16N4O2S2. The summed E-state index contributed by atoms with van der Waals surface area (Å²) in [4.78, 5) is 37.1. The number of ketones is 1. The number of rotatable bonds is 4. The normalized spacial score (nSPS) is 16.5. The Morgan fingerprint density at radius 3 is 3.00 bits per heavy atom. The third-order valence-corrected chi connectivity index (χ3v) is 6.28. The fourth-order valence-electron chi connectivity index (χ4n) is 2.90. The average molecular weight is 384 g/mol. The van der Waals surface area contributed by atoms with E-state index in [0.717, 1.165) is 26.7 Å². The number of thiazole rings is 1. The summed E-state index contributed by atoms with van der Waals surface area (Å²) in [6.07, 6.45) is 2.78. The number of Topliss-reactive ketones (excluding diaryl/α,β-unsaturated/α-hetero) is 1. The molecule has 8 heteroatoms. The number of benzene rings is 1. The molecule has 1 aliphatic rings. The van der Waals surface area contributed by atoms with Gasteiger partial charge in [-0.25, -0.2) is 15.0 Å². The summed E-state index contributed by atoms with van der Waals surface area (Å²) in [5, 5.41) is 2.71. The summed E-state index contributed by atoms with van der Waals surface area (Å²) >= 11 is 2.96. The monoisotopic (exact) mass is 384 g/mol. The molecule has 0 bridgehead atoms. The molecule has 2 heterocycles. The standard InChI is InChI=1S/C18H16N4O2S2/c1-10-6-13-11(14(23)7-10)8-19-17(20-13)22-16(24)9-25-18-21-12-4-2-3-5-15(12)26-18/h2-5,8,10H,6-7,9H2,1H3,(H,19,20,22,24). The summed E-state index contributed by atoms with van der Waals surface area (Å²) in [5.41, 5.74) is 2.24. The first-order valence-corrected chi connectivity index (χ1v) is 10.1. The molecule has 1 aliphatic carbocycles. The molecule has 0 spiro atoms. The smallest absolute Gasteiger partial charge is 0.237 e. The number of thioether (sulfide) groups is 1. The first kappa shape index (κ1) is 17.1. The first-order valence-electron chi connectivity index (χ1n) is 8.26. The predicted octanol–water partition coefficient (Wildman–Crippen LogP) is 3.58. The fraction of sp³-hybridized carbons (Fsp3) is 0.278. The summed E-state index contributed by atoms with van der Waals surface area (Å²) in [6.45, 7) is 2.02. The van der Waals surface area contributed by atoms with Gasteiger partial charge in [-0.1, -0.05) is 30.8 Å². The number of amides is 1. The molecule has 1 unspecified atom stereocenters. The third kappa shape index (κ3) is 3.61. The van der Waals surface area contributed by atoms with Gasteiger partial charge in [0.05, 0.1) is 27.2 Å². The molecule has 1 amide bonds. The van der Waals surface area contributed by atoms with Crippen LogP contribution >= 0.6 is 23.1 Å². The van der Waals surface area contributed by atoms with Crippen molar-refractivity contribution in [2.75, 3.05) is 11.1 Å². The largest absolute Gasteiger partial charge is 0.294 e. The van der Waals surface area contributed by atoms with Crippen molar-refractivity contribution in [3.63, 3.8) is 0 Å². The van der Waals surface area contributed by atoms with E-state index >= 15 is 0 Å². The van der Waals surface area contributed by atoms with E-state index in [9.17, 15) is 9.59 Å². The number of carbonyl (C=O) groups is 2. The van der Waals surface area contributed by atoms with E-state index in [1.54, 1.807) is 11.3 Å². The molecule has 0 aliphatic heterocycles. The molecule has 6 nitrogen and oxygen atoms in total. The van der Waals surface area contributed by atoms with Crippen molar-refractivity contribution in [3.05, 3.63) is 41.7 Å². The Morgan fingerprint density at radius 2 is 2.15 bits per heavy atom. The molecular weight excluding hydrogens is 368 g/mol. The van der Waals surface area contributed by atoms with Crippen molar-refractivity contribution in [2.45, 2.75) is 24.1 Å². The highest BCUT2D eigenvalue weighted by atomic mass is 32.2. The van der Waals surface area contributed by atoms with Crippen molar-refractivity contribution >= 4 is 51.0 Å². The zero-order valence-corrected chi connectivity index (χ0v) is 15.7. The molecule has 2 aromatic heterocycles. The van der Waals surface area contributed by atoms with Crippen LogP contribution in [0.15, 0.2) is 34.8 Å². The molecule has 26 heavy (non-hydrogen) atoms. The highest BCUT2D eigenvalue weighted by Crippen LogP contribution is 2.29. The van der Waals surface area contributed by atoms with Crippen LogP contribution in [0.3, 0.4) is 0 Å². The van der Waals surface area contributed by atoms with Crippen LogP contribution in [0.5, 0.6) is 0 Å². The van der Waals surface area contributed by atoms with E-state index in [1.807, 2.05) is 31.2 Å². The van der Waals surface area contributed by atoms with Gasteiger partial charge in [0.2, 0.25) is 11.9 Å². The number of anilines is 1. The van der Waals surface area contributed by atoms with Crippen LogP contribution in [-0.2, 0) is 11.2 Å². The summed E-state index contributed by atoms with van der Waals surface area (Å²) < 4.78 is 1.96. The van der Waals surface area contributed by atoms with E-state index in [2.05, 4.69) is 20.3 Å². The molecule has 132 valence electrons. The van der Waals surface area contributed by atoms with Crippen molar-refractivity contribution in [1.82, 2.24) is 15.0 Å². The van der Waals surface area contributed by atoms with Gasteiger partial charge in [0.15, 0.2) is 10.1 Å². The second kappa shape index (κ2) is 7.13. The SMILES string of the molecule is CC1CC(=O)c2cnc(NC(=O)CSc3nc4ccccc4s3)nc2C1. The van der Waals surface area contributed by atoms with Crippen molar-refractivity contribution < 1.29 is 9.59 Å². The van der Waals surface area contributed by atoms with Gasteiger partial charge in [0.25, 0.3) is 0 Å². The molecule has 3 aromatic rings. The summed E-state index contributed by atoms with van der Waals surface area (Å²) in [5.74, 6) is 0.631. The Labute approximate surface area is 158 Å². The Balaban J connectivity index is 1.40. The summed E-state index contributed by atoms with van der Waals surface area (Å²) in [7, 11) is 0. The number of carbonyl (C=O) groups excluding carboxylic acids is 2. The minimum atomic E-state index is -0.190. The minimum absolute atomic E-state index is 0.0722. The second-order valence-corrected chi connectivity index (χ2v) is 8.53. The van der Waals surface area contributed by atoms with Crippen LogP contribution in [-0.4, -0.2) is 32.4 Å². The molecule has 1 N–H and O–H groups in total. The zero-order valence-electron chi connectivity index (χ0n) is 14.1. The Morgan fingerprint density at radius 1 is 1.31 bits per heavy atom. The van der Waals surface area contributed by atoms with Gasteiger partial charge in [-0.05, 0) is 24.5 Å². The fourth-order valence-corrected chi connectivity index (χ4v) is 4.76. The molecule has 0 saturated carbocycles. The van der Waals surface area contributed by atoms with Crippen molar-refractivity contribution in [2.24, 2.45) is 5.92 Å². The molecule has 0 fully saturated rings. The number of aromatic nitrogens is 3. The second-order valence-electron chi connectivity index (χ2n) is 6.27. The van der Waals surface area contributed by atoms with E-state index in [1.165, 1.54) is 18.0 Å². The first-order chi connectivity index (χ1) is 12.6.